The Morgan fingerprint density at radius 2 is 2.13 bits per heavy atom. The Hall–Kier alpha value is -2.13. The molecule has 1 aliphatic carbocycles. The number of thioether (sulfide) groups is 1. The second-order valence-corrected chi connectivity index (χ2v) is 10.4. The van der Waals surface area contributed by atoms with Crippen molar-refractivity contribution in [2.45, 2.75) is 69.9 Å². The number of H-pyrrole nitrogens is 1. The van der Waals surface area contributed by atoms with Crippen LogP contribution in [0.2, 0.25) is 0 Å². The predicted octanol–water partition coefficient (Wildman–Crippen LogP) is 4.56. The highest BCUT2D eigenvalue weighted by molar-refractivity contribution is 7.99. The first kappa shape index (κ1) is 21.1. The summed E-state index contributed by atoms with van der Waals surface area (Å²) in [7, 11) is 0. The molecule has 1 fully saturated rings. The molecule has 3 heterocycles. The zero-order valence-corrected chi connectivity index (χ0v) is 19.2. The number of nitrogens with one attached hydrogen (secondary N) is 2. The molecule has 1 amide bonds. The largest absolute Gasteiger partial charge is 0.310 e. The molecule has 0 aromatic carbocycles. The SMILES string of the molecule is Cc1sc2nc(CSC(C)C(=O)Nc3ccnn3C3CCCCC3)[nH]c(=O)c2c1C. The molecule has 0 saturated heterocycles. The van der Waals surface area contributed by atoms with Crippen LogP contribution in [0, 0.1) is 13.8 Å². The van der Waals surface area contributed by atoms with E-state index in [0.29, 0.717) is 23.0 Å². The first-order valence-electron chi connectivity index (χ1n) is 10.4. The molecule has 0 bridgehead atoms. The number of carbonyl (C=O) groups excluding carboxylic acids is 1. The molecule has 30 heavy (non-hydrogen) atoms. The van der Waals surface area contributed by atoms with E-state index in [4.69, 9.17) is 0 Å². The number of anilines is 1. The van der Waals surface area contributed by atoms with Crippen LogP contribution >= 0.6 is 23.1 Å². The maximum atomic E-state index is 12.7. The summed E-state index contributed by atoms with van der Waals surface area (Å²) in [6, 6.07) is 2.23. The maximum Gasteiger partial charge on any atom is 0.259 e. The van der Waals surface area contributed by atoms with E-state index in [9.17, 15) is 9.59 Å². The smallest absolute Gasteiger partial charge is 0.259 e. The maximum absolute atomic E-state index is 12.7. The summed E-state index contributed by atoms with van der Waals surface area (Å²) in [4.78, 5) is 34.5. The normalized spacial score (nSPS) is 16.1. The fourth-order valence-electron chi connectivity index (χ4n) is 3.90. The average molecular weight is 446 g/mol. The van der Waals surface area contributed by atoms with Crippen LogP contribution < -0.4 is 10.9 Å². The number of amides is 1. The quantitative estimate of drug-likeness (QED) is 0.580. The van der Waals surface area contributed by atoms with Crippen LogP contribution in [-0.2, 0) is 10.5 Å². The molecule has 1 unspecified atom stereocenters. The topological polar surface area (TPSA) is 92.7 Å². The number of carbonyl (C=O) groups is 1. The number of aromatic nitrogens is 4. The summed E-state index contributed by atoms with van der Waals surface area (Å²) >= 11 is 3.00. The van der Waals surface area contributed by atoms with Gasteiger partial charge in [0.25, 0.3) is 5.56 Å². The Balaban J connectivity index is 1.39. The molecule has 7 nitrogen and oxygen atoms in total. The fraction of sp³-hybridized carbons (Fsp3) is 0.524. The van der Waals surface area contributed by atoms with E-state index in [1.54, 1.807) is 6.20 Å². The van der Waals surface area contributed by atoms with Crippen molar-refractivity contribution in [3.63, 3.8) is 0 Å². The predicted molar refractivity (Wildman–Crippen MR) is 123 cm³/mol. The Morgan fingerprint density at radius 1 is 1.37 bits per heavy atom. The van der Waals surface area contributed by atoms with Crippen LogP contribution in [0.1, 0.15) is 61.3 Å². The Labute approximate surface area is 183 Å². The molecule has 3 aromatic rings. The summed E-state index contributed by atoms with van der Waals surface area (Å²) in [5.41, 5.74) is 0.885. The highest BCUT2D eigenvalue weighted by Crippen LogP contribution is 2.30. The van der Waals surface area contributed by atoms with Crippen molar-refractivity contribution in [1.29, 1.82) is 0 Å². The van der Waals surface area contributed by atoms with Crippen molar-refractivity contribution in [3.05, 3.63) is 38.9 Å². The molecule has 0 spiro atoms. The van der Waals surface area contributed by atoms with Gasteiger partial charge < -0.3 is 10.3 Å². The van der Waals surface area contributed by atoms with Crippen LogP contribution in [-0.4, -0.2) is 30.9 Å². The molecule has 160 valence electrons. The minimum atomic E-state index is -0.285. The molecule has 4 rings (SSSR count). The van der Waals surface area contributed by atoms with Gasteiger partial charge in [0.2, 0.25) is 5.91 Å². The summed E-state index contributed by atoms with van der Waals surface area (Å²) in [6.45, 7) is 5.82. The zero-order valence-electron chi connectivity index (χ0n) is 17.5. The molecule has 1 aliphatic rings. The number of aryl methyl sites for hydroxylation is 2. The first-order chi connectivity index (χ1) is 14.4. The van der Waals surface area contributed by atoms with Crippen molar-refractivity contribution in [2.24, 2.45) is 0 Å². The van der Waals surface area contributed by atoms with Crippen molar-refractivity contribution < 1.29 is 4.79 Å². The van der Waals surface area contributed by atoms with Crippen LogP contribution in [0.15, 0.2) is 17.1 Å². The minimum Gasteiger partial charge on any atom is -0.310 e. The molecule has 9 heteroatoms. The van der Waals surface area contributed by atoms with E-state index >= 15 is 0 Å². The van der Waals surface area contributed by atoms with E-state index in [2.05, 4.69) is 20.4 Å². The second kappa shape index (κ2) is 8.93. The minimum absolute atomic E-state index is 0.0659. The second-order valence-electron chi connectivity index (χ2n) is 7.87. The fourth-order valence-corrected chi connectivity index (χ4v) is 5.71. The van der Waals surface area contributed by atoms with E-state index in [1.165, 1.54) is 42.4 Å². The van der Waals surface area contributed by atoms with Gasteiger partial charge in [-0.05, 0) is 39.2 Å². The monoisotopic (exact) mass is 445 g/mol. The highest BCUT2D eigenvalue weighted by Gasteiger charge is 2.21. The lowest BCUT2D eigenvalue weighted by Gasteiger charge is -2.24. The Bertz CT molecular complexity index is 1110. The van der Waals surface area contributed by atoms with Crippen LogP contribution in [0.3, 0.4) is 0 Å². The molecule has 1 atom stereocenters. The highest BCUT2D eigenvalue weighted by atomic mass is 32.2. The lowest BCUT2D eigenvalue weighted by atomic mass is 9.96. The van der Waals surface area contributed by atoms with Crippen LogP contribution in [0.4, 0.5) is 5.82 Å². The number of thiophene rings is 1. The third-order valence-corrected chi connectivity index (χ3v) is 8.02. The van der Waals surface area contributed by atoms with Crippen molar-refractivity contribution >= 4 is 45.0 Å². The first-order valence-corrected chi connectivity index (χ1v) is 12.3. The number of nitrogens with zero attached hydrogens (tertiary/aromatic N) is 3. The number of hydrogen-bond acceptors (Lipinski definition) is 6. The summed E-state index contributed by atoms with van der Waals surface area (Å²) in [5, 5.41) is 7.86. The average Bonchev–Trinajstić information content (AvgIpc) is 3.31. The molecule has 3 aromatic heterocycles. The van der Waals surface area contributed by atoms with Crippen molar-refractivity contribution in [1.82, 2.24) is 19.7 Å². The van der Waals surface area contributed by atoms with E-state index < -0.39 is 0 Å². The third-order valence-electron chi connectivity index (χ3n) is 5.77. The summed E-state index contributed by atoms with van der Waals surface area (Å²) < 4.78 is 1.96. The standard InChI is InChI=1S/C21H27N5O2S2/c1-12-13(2)30-21-18(12)20(28)23-16(24-21)11-29-14(3)19(27)25-17-9-10-22-26(17)15-7-5-4-6-8-15/h9-10,14-15H,4-8,11H2,1-3H3,(H,25,27)(H,23,24,28). The number of hydrogen-bond donors (Lipinski definition) is 2. The number of fused-ring (bicyclic) bond motifs is 1. The van der Waals surface area contributed by atoms with E-state index in [-0.39, 0.29) is 16.7 Å². The molecular weight excluding hydrogens is 418 g/mol. The molecule has 1 saturated carbocycles. The molecule has 0 radical (unpaired) electrons. The van der Waals surface area contributed by atoms with Crippen LogP contribution in [0.25, 0.3) is 10.2 Å². The Kier molecular flexibility index (Phi) is 6.29. The Morgan fingerprint density at radius 3 is 2.90 bits per heavy atom. The summed E-state index contributed by atoms with van der Waals surface area (Å²) in [5.74, 6) is 1.77. The molecule has 2 N–H and O–H groups in total. The van der Waals surface area contributed by atoms with Gasteiger partial charge in [-0.1, -0.05) is 19.3 Å². The van der Waals surface area contributed by atoms with Gasteiger partial charge in [0.05, 0.1) is 28.6 Å². The molecular formula is C21H27N5O2S2. The zero-order chi connectivity index (χ0) is 21.3. The van der Waals surface area contributed by atoms with E-state index in [0.717, 1.165) is 33.9 Å². The van der Waals surface area contributed by atoms with Gasteiger partial charge in [-0.3, -0.25) is 9.59 Å². The van der Waals surface area contributed by atoms with Gasteiger partial charge >= 0.3 is 0 Å². The van der Waals surface area contributed by atoms with Crippen molar-refractivity contribution in [3.8, 4) is 0 Å². The van der Waals surface area contributed by atoms with Gasteiger partial charge in [0.15, 0.2) is 0 Å². The lowest BCUT2D eigenvalue weighted by Crippen LogP contribution is -2.26. The van der Waals surface area contributed by atoms with Crippen LogP contribution in [0.5, 0.6) is 0 Å². The van der Waals surface area contributed by atoms with Gasteiger partial charge in [0.1, 0.15) is 16.5 Å². The molecule has 0 aliphatic heterocycles. The third kappa shape index (κ3) is 4.32. The van der Waals surface area contributed by atoms with Crippen molar-refractivity contribution in [2.75, 3.05) is 5.32 Å². The summed E-state index contributed by atoms with van der Waals surface area (Å²) in [6.07, 6.45) is 7.67. The number of rotatable bonds is 6. The number of aromatic amines is 1. The van der Waals surface area contributed by atoms with Gasteiger partial charge in [-0.15, -0.1) is 23.1 Å². The van der Waals surface area contributed by atoms with Gasteiger partial charge in [0, 0.05) is 10.9 Å². The van der Waals surface area contributed by atoms with Gasteiger partial charge in [-0.2, -0.15) is 5.10 Å². The van der Waals surface area contributed by atoms with E-state index in [1.807, 2.05) is 31.5 Å². The van der Waals surface area contributed by atoms with Gasteiger partial charge in [-0.25, -0.2) is 9.67 Å². The lowest BCUT2D eigenvalue weighted by molar-refractivity contribution is -0.115.